The van der Waals surface area contributed by atoms with Gasteiger partial charge in [0.25, 0.3) is 0 Å². The van der Waals surface area contributed by atoms with Gasteiger partial charge in [-0.2, -0.15) is 0 Å². The minimum absolute atomic E-state index is 0.689. The summed E-state index contributed by atoms with van der Waals surface area (Å²) in [6.45, 7) is 4.86. The number of hydrogen-bond acceptors (Lipinski definition) is 3. The topological polar surface area (TPSA) is 30.5 Å². The van der Waals surface area contributed by atoms with E-state index in [1.165, 1.54) is 37.7 Å². The Morgan fingerprint density at radius 2 is 1.95 bits per heavy atom. The quantitative estimate of drug-likeness (QED) is 0.739. The van der Waals surface area contributed by atoms with Gasteiger partial charge in [-0.15, -0.1) is 0 Å². The molecule has 0 amide bonds. The molecule has 1 fully saturated rings. The van der Waals surface area contributed by atoms with Crippen LogP contribution in [0.3, 0.4) is 0 Å². The number of benzene rings is 1. The molecule has 1 N–H and O–H groups in total. The van der Waals surface area contributed by atoms with Crippen LogP contribution >= 0.6 is 0 Å². The predicted molar refractivity (Wildman–Crippen MR) is 87.3 cm³/mol. The Balaban J connectivity index is 1.68. The summed E-state index contributed by atoms with van der Waals surface area (Å²) < 4.78 is 11.2. The fourth-order valence-electron chi connectivity index (χ4n) is 2.98. The third-order valence-corrected chi connectivity index (χ3v) is 4.33. The largest absolute Gasteiger partial charge is 0.493 e. The number of hydrogen-bond donors (Lipinski definition) is 1. The minimum Gasteiger partial charge on any atom is -0.493 e. The van der Waals surface area contributed by atoms with Gasteiger partial charge in [-0.25, -0.2) is 0 Å². The summed E-state index contributed by atoms with van der Waals surface area (Å²) in [5, 5.41) is 3.52. The first-order chi connectivity index (χ1) is 10.3. The van der Waals surface area contributed by atoms with Crippen LogP contribution in [0.5, 0.6) is 11.5 Å². The van der Waals surface area contributed by atoms with Crippen molar-refractivity contribution in [3.63, 3.8) is 0 Å². The van der Waals surface area contributed by atoms with Crippen LogP contribution in [0.1, 0.15) is 44.6 Å². The average molecular weight is 291 g/mol. The van der Waals surface area contributed by atoms with Crippen molar-refractivity contribution in [2.45, 2.75) is 45.4 Å². The molecule has 0 bridgehead atoms. The molecule has 3 heteroatoms. The van der Waals surface area contributed by atoms with Gasteiger partial charge in [-0.3, -0.25) is 0 Å². The van der Waals surface area contributed by atoms with E-state index in [1.54, 1.807) is 7.11 Å². The molecule has 0 radical (unpaired) electrons. The summed E-state index contributed by atoms with van der Waals surface area (Å²) in [7, 11) is 1.70. The molecule has 0 atom stereocenters. The Morgan fingerprint density at radius 3 is 2.67 bits per heavy atom. The Labute approximate surface area is 129 Å². The van der Waals surface area contributed by atoms with Gasteiger partial charge in [-0.05, 0) is 49.4 Å². The van der Waals surface area contributed by atoms with Crippen molar-refractivity contribution < 1.29 is 9.47 Å². The van der Waals surface area contributed by atoms with E-state index in [0.29, 0.717) is 6.61 Å². The van der Waals surface area contributed by atoms with Gasteiger partial charge in [-0.1, -0.05) is 32.3 Å². The van der Waals surface area contributed by atoms with Crippen molar-refractivity contribution in [2.75, 3.05) is 26.8 Å². The maximum Gasteiger partial charge on any atom is 0.161 e. The Kier molecular flexibility index (Phi) is 6.87. The van der Waals surface area contributed by atoms with Crippen LogP contribution in [0.2, 0.25) is 0 Å². The monoisotopic (exact) mass is 291 g/mol. The molecule has 1 aliphatic carbocycles. The number of rotatable bonds is 8. The van der Waals surface area contributed by atoms with Gasteiger partial charge in [0, 0.05) is 6.54 Å². The summed E-state index contributed by atoms with van der Waals surface area (Å²) in [4.78, 5) is 0. The van der Waals surface area contributed by atoms with Crippen LogP contribution in [0, 0.1) is 5.92 Å². The van der Waals surface area contributed by atoms with Crippen LogP contribution < -0.4 is 14.8 Å². The van der Waals surface area contributed by atoms with E-state index >= 15 is 0 Å². The van der Waals surface area contributed by atoms with E-state index < -0.39 is 0 Å². The van der Waals surface area contributed by atoms with Crippen LogP contribution in [0.25, 0.3) is 0 Å². The second-order valence-electron chi connectivity index (χ2n) is 5.90. The lowest BCUT2D eigenvalue weighted by molar-refractivity contribution is 0.280. The lowest BCUT2D eigenvalue weighted by atomic mass is 9.89. The Bertz CT molecular complexity index is 414. The van der Waals surface area contributed by atoms with Gasteiger partial charge in [0.05, 0.1) is 7.11 Å². The summed E-state index contributed by atoms with van der Waals surface area (Å²) in [6, 6.07) is 6.18. The number of ether oxygens (including phenoxy) is 2. The van der Waals surface area contributed by atoms with Crippen molar-refractivity contribution in [3.8, 4) is 11.5 Å². The lowest BCUT2D eigenvalue weighted by Gasteiger charge is -2.21. The molecular weight excluding hydrogens is 262 g/mol. The first kappa shape index (κ1) is 16.2. The van der Waals surface area contributed by atoms with Gasteiger partial charge >= 0.3 is 0 Å². The van der Waals surface area contributed by atoms with Crippen molar-refractivity contribution >= 4 is 0 Å². The second kappa shape index (κ2) is 8.93. The van der Waals surface area contributed by atoms with Crippen LogP contribution in [-0.4, -0.2) is 26.8 Å². The first-order valence-corrected chi connectivity index (χ1v) is 8.34. The van der Waals surface area contributed by atoms with Crippen LogP contribution in [-0.2, 0) is 6.42 Å². The molecule has 1 aromatic rings. The maximum absolute atomic E-state index is 5.83. The van der Waals surface area contributed by atoms with Crippen LogP contribution in [0.15, 0.2) is 18.2 Å². The molecule has 1 aliphatic rings. The van der Waals surface area contributed by atoms with E-state index in [-0.39, 0.29) is 0 Å². The number of methoxy groups -OCH3 is 1. The fraction of sp³-hybridized carbons (Fsp3) is 0.667. The molecule has 2 rings (SSSR count). The normalized spacial score (nSPS) is 15.9. The zero-order valence-corrected chi connectivity index (χ0v) is 13.5. The SMILES string of the molecule is CCc1ccc(OCCNCC2CCCCC2)c(OC)c1. The third-order valence-electron chi connectivity index (χ3n) is 4.33. The molecule has 0 aromatic heterocycles. The smallest absolute Gasteiger partial charge is 0.161 e. The summed E-state index contributed by atoms with van der Waals surface area (Å²) in [5.41, 5.74) is 1.27. The minimum atomic E-state index is 0.689. The molecule has 0 saturated heterocycles. The zero-order chi connectivity index (χ0) is 14.9. The highest BCUT2D eigenvalue weighted by Gasteiger charge is 2.12. The highest BCUT2D eigenvalue weighted by molar-refractivity contribution is 5.42. The zero-order valence-electron chi connectivity index (χ0n) is 13.5. The molecule has 0 spiro atoms. The van der Waals surface area contributed by atoms with Crippen molar-refractivity contribution in [1.82, 2.24) is 5.32 Å². The van der Waals surface area contributed by atoms with E-state index in [0.717, 1.165) is 36.9 Å². The molecule has 1 saturated carbocycles. The highest BCUT2D eigenvalue weighted by Crippen LogP contribution is 2.28. The fourth-order valence-corrected chi connectivity index (χ4v) is 2.98. The maximum atomic E-state index is 5.83. The Morgan fingerprint density at radius 1 is 1.14 bits per heavy atom. The summed E-state index contributed by atoms with van der Waals surface area (Å²) >= 11 is 0. The molecule has 0 unspecified atom stereocenters. The highest BCUT2D eigenvalue weighted by atomic mass is 16.5. The molecular formula is C18H29NO2. The molecule has 21 heavy (non-hydrogen) atoms. The van der Waals surface area contributed by atoms with E-state index in [2.05, 4.69) is 24.4 Å². The van der Waals surface area contributed by atoms with Crippen molar-refractivity contribution in [3.05, 3.63) is 23.8 Å². The van der Waals surface area contributed by atoms with Gasteiger partial charge in [0.15, 0.2) is 11.5 Å². The standard InChI is InChI=1S/C18H29NO2/c1-3-15-9-10-17(18(13-15)20-2)21-12-11-19-14-16-7-5-4-6-8-16/h9-10,13,16,19H,3-8,11-12,14H2,1-2H3. The number of aryl methyl sites for hydroxylation is 1. The summed E-state index contributed by atoms with van der Waals surface area (Å²) in [6.07, 6.45) is 8.03. The second-order valence-corrected chi connectivity index (χ2v) is 5.90. The molecule has 0 heterocycles. The van der Waals surface area contributed by atoms with Crippen molar-refractivity contribution in [1.29, 1.82) is 0 Å². The van der Waals surface area contributed by atoms with Gasteiger partial charge in [0.1, 0.15) is 6.61 Å². The van der Waals surface area contributed by atoms with Crippen molar-refractivity contribution in [2.24, 2.45) is 5.92 Å². The summed E-state index contributed by atoms with van der Waals surface area (Å²) in [5.74, 6) is 2.55. The molecule has 3 nitrogen and oxygen atoms in total. The number of nitrogens with one attached hydrogen (secondary N) is 1. The molecule has 118 valence electrons. The van der Waals surface area contributed by atoms with E-state index in [4.69, 9.17) is 9.47 Å². The van der Waals surface area contributed by atoms with Gasteiger partial charge in [0.2, 0.25) is 0 Å². The Hall–Kier alpha value is -1.22. The molecule has 1 aromatic carbocycles. The van der Waals surface area contributed by atoms with E-state index in [1.807, 2.05) is 6.07 Å². The van der Waals surface area contributed by atoms with E-state index in [9.17, 15) is 0 Å². The average Bonchev–Trinajstić information content (AvgIpc) is 2.55. The lowest BCUT2D eigenvalue weighted by Crippen LogP contribution is -2.28. The van der Waals surface area contributed by atoms with Crippen LogP contribution in [0.4, 0.5) is 0 Å². The first-order valence-electron chi connectivity index (χ1n) is 8.34. The predicted octanol–water partition coefficient (Wildman–Crippen LogP) is 3.81. The van der Waals surface area contributed by atoms with Gasteiger partial charge < -0.3 is 14.8 Å². The molecule has 0 aliphatic heterocycles. The third kappa shape index (κ3) is 5.24.